The molecule has 26 heavy (non-hydrogen) atoms. The second-order valence-corrected chi connectivity index (χ2v) is 6.51. The fraction of sp³-hybridized carbons (Fsp3) is 0.333. The number of rotatable bonds is 6. The average Bonchev–Trinajstić information content (AvgIpc) is 2.65. The van der Waals surface area contributed by atoms with Crippen molar-refractivity contribution < 1.29 is 4.79 Å². The lowest BCUT2D eigenvalue weighted by Crippen LogP contribution is -2.43. The van der Waals surface area contributed by atoms with Gasteiger partial charge in [0.2, 0.25) is 5.91 Å². The van der Waals surface area contributed by atoms with Crippen molar-refractivity contribution in [3.05, 3.63) is 71.3 Å². The summed E-state index contributed by atoms with van der Waals surface area (Å²) in [4.78, 5) is 18.1. The molecule has 0 aliphatic rings. The zero-order valence-electron chi connectivity index (χ0n) is 16.0. The smallest absolute Gasteiger partial charge is 0.241 e. The molecule has 0 saturated carbocycles. The highest BCUT2D eigenvalue weighted by Gasteiger charge is 2.10. The second-order valence-electron chi connectivity index (χ2n) is 6.51. The number of aryl methyl sites for hydroxylation is 1. The molecule has 0 bridgehead atoms. The normalized spacial score (nSPS) is 12.4. The first-order valence-electron chi connectivity index (χ1n) is 8.82. The van der Waals surface area contributed by atoms with Gasteiger partial charge in [-0.15, -0.1) is 0 Å². The van der Waals surface area contributed by atoms with Gasteiger partial charge in [0.25, 0.3) is 0 Å². The van der Waals surface area contributed by atoms with Crippen LogP contribution in [0.3, 0.4) is 0 Å². The van der Waals surface area contributed by atoms with Crippen molar-refractivity contribution >= 4 is 11.9 Å². The van der Waals surface area contributed by atoms with Gasteiger partial charge in [0.1, 0.15) is 0 Å². The van der Waals surface area contributed by atoms with Gasteiger partial charge in [-0.2, -0.15) is 0 Å². The van der Waals surface area contributed by atoms with Crippen molar-refractivity contribution in [3.8, 4) is 0 Å². The summed E-state index contributed by atoms with van der Waals surface area (Å²) in [5, 5.41) is 6.52. The quantitative estimate of drug-likeness (QED) is 0.621. The maximum Gasteiger partial charge on any atom is 0.241 e. The van der Waals surface area contributed by atoms with E-state index in [9.17, 15) is 4.79 Å². The van der Waals surface area contributed by atoms with Gasteiger partial charge in [0.15, 0.2) is 5.96 Å². The predicted octanol–water partition coefficient (Wildman–Crippen LogP) is 2.88. The first-order valence-corrected chi connectivity index (χ1v) is 8.82. The molecule has 0 spiro atoms. The molecule has 0 aromatic heterocycles. The Morgan fingerprint density at radius 2 is 1.73 bits per heavy atom. The Morgan fingerprint density at radius 3 is 2.38 bits per heavy atom. The van der Waals surface area contributed by atoms with E-state index in [2.05, 4.69) is 53.7 Å². The molecule has 138 valence electrons. The number of guanidine groups is 1. The van der Waals surface area contributed by atoms with Gasteiger partial charge in [0, 0.05) is 14.1 Å². The van der Waals surface area contributed by atoms with E-state index in [1.165, 1.54) is 11.1 Å². The molecule has 5 heteroatoms. The van der Waals surface area contributed by atoms with Crippen molar-refractivity contribution in [2.24, 2.45) is 4.99 Å². The van der Waals surface area contributed by atoms with Gasteiger partial charge < -0.3 is 15.5 Å². The number of likely N-dealkylation sites (N-methyl/N-ethyl adjacent to an activating group) is 1. The molecule has 1 amide bonds. The van der Waals surface area contributed by atoms with Crippen molar-refractivity contribution in [2.75, 3.05) is 20.6 Å². The number of carbonyl (C=O) groups excluding carboxylic acids is 1. The summed E-state index contributed by atoms with van der Waals surface area (Å²) in [6.07, 6.45) is 0. The second kappa shape index (κ2) is 9.61. The Kier molecular flexibility index (Phi) is 7.21. The fourth-order valence-electron chi connectivity index (χ4n) is 2.45. The van der Waals surface area contributed by atoms with Crippen molar-refractivity contribution in [3.63, 3.8) is 0 Å². The van der Waals surface area contributed by atoms with E-state index < -0.39 is 0 Å². The number of aliphatic imine (C=N–C) groups is 1. The van der Waals surface area contributed by atoms with E-state index in [0.29, 0.717) is 12.5 Å². The number of hydrogen-bond acceptors (Lipinski definition) is 2. The van der Waals surface area contributed by atoms with Gasteiger partial charge in [-0.05, 0) is 30.5 Å². The maximum atomic E-state index is 11.9. The van der Waals surface area contributed by atoms with Crippen LogP contribution in [0.2, 0.25) is 0 Å². The van der Waals surface area contributed by atoms with Gasteiger partial charge in [-0.25, -0.2) is 4.99 Å². The molecular formula is C21H28N4O. The van der Waals surface area contributed by atoms with E-state index in [4.69, 9.17) is 0 Å². The number of amides is 1. The Morgan fingerprint density at radius 1 is 1.08 bits per heavy atom. The van der Waals surface area contributed by atoms with Gasteiger partial charge >= 0.3 is 0 Å². The minimum absolute atomic E-state index is 0.00255. The molecule has 0 saturated heterocycles. The first-order chi connectivity index (χ1) is 12.5. The number of hydrogen-bond donors (Lipinski definition) is 2. The van der Waals surface area contributed by atoms with E-state index in [1.54, 1.807) is 19.0 Å². The molecule has 1 unspecified atom stereocenters. The third-order valence-corrected chi connectivity index (χ3v) is 4.23. The lowest BCUT2D eigenvalue weighted by atomic mass is 10.1. The number of carbonyl (C=O) groups is 1. The summed E-state index contributed by atoms with van der Waals surface area (Å²) < 4.78 is 0. The molecule has 0 heterocycles. The van der Waals surface area contributed by atoms with Gasteiger partial charge in [-0.1, -0.05) is 54.6 Å². The average molecular weight is 352 g/mol. The predicted molar refractivity (Wildman–Crippen MR) is 107 cm³/mol. The van der Waals surface area contributed by atoms with Crippen molar-refractivity contribution in [1.82, 2.24) is 15.5 Å². The Labute approximate surface area is 156 Å². The lowest BCUT2D eigenvalue weighted by Gasteiger charge is -2.19. The number of nitrogens with one attached hydrogen (secondary N) is 2. The molecule has 2 aromatic rings. The summed E-state index contributed by atoms with van der Waals surface area (Å²) in [5.74, 6) is 0.627. The zero-order chi connectivity index (χ0) is 18.9. The van der Waals surface area contributed by atoms with Crippen LogP contribution in [0, 0.1) is 6.92 Å². The number of benzene rings is 2. The summed E-state index contributed by atoms with van der Waals surface area (Å²) in [7, 11) is 3.49. The molecule has 2 rings (SSSR count). The molecule has 0 radical (unpaired) electrons. The highest BCUT2D eigenvalue weighted by atomic mass is 16.2. The minimum atomic E-state index is 0.00255. The van der Waals surface area contributed by atoms with Gasteiger partial charge in [-0.3, -0.25) is 4.79 Å². The standard InChI is InChI=1S/C21H28N4O/c1-16-10-8-9-13-19(16)14-22-21(23-15-20(26)25(3)4)24-17(2)18-11-6-5-7-12-18/h5-13,17H,14-15H2,1-4H3,(H2,22,23,24). The third kappa shape index (κ3) is 5.92. The molecule has 0 fully saturated rings. The van der Waals surface area contributed by atoms with Crippen LogP contribution in [0.15, 0.2) is 59.6 Å². The first kappa shape index (κ1) is 19.5. The highest BCUT2D eigenvalue weighted by molar-refractivity contribution is 5.86. The van der Waals surface area contributed by atoms with Crippen LogP contribution < -0.4 is 10.6 Å². The van der Waals surface area contributed by atoms with Crippen LogP contribution in [-0.2, 0) is 11.3 Å². The van der Waals surface area contributed by atoms with Crippen molar-refractivity contribution in [2.45, 2.75) is 26.4 Å². The molecule has 2 aromatic carbocycles. The van der Waals surface area contributed by atoms with Crippen LogP contribution in [0.1, 0.15) is 29.7 Å². The zero-order valence-corrected chi connectivity index (χ0v) is 16.0. The highest BCUT2D eigenvalue weighted by Crippen LogP contribution is 2.12. The molecular weight excluding hydrogens is 324 g/mol. The molecule has 1 atom stereocenters. The van der Waals surface area contributed by atoms with Crippen LogP contribution in [0.25, 0.3) is 0 Å². The van der Waals surface area contributed by atoms with E-state index in [0.717, 1.165) is 5.56 Å². The molecule has 2 N–H and O–H groups in total. The lowest BCUT2D eigenvalue weighted by molar-refractivity contribution is -0.127. The Bertz CT molecular complexity index is 741. The summed E-state index contributed by atoms with van der Waals surface area (Å²) in [5.41, 5.74) is 3.54. The van der Waals surface area contributed by atoms with Crippen LogP contribution in [0.4, 0.5) is 0 Å². The van der Waals surface area contributed by atoms with E-state index in [1.807, 2.05) is 30.3 Å². The summed E-state index contributed by atoms with van der Waals surface area (Å²) >= 11 is 0. The summed E-state index contributed by atoms with van der Waals surface area (Å²) in [6, 6.07) is 18.4. The fourth-order valence-corrected chi connectivity index (χ4v) is 2.45. The topological polar surface area (TPSA) is 56.7 Å². The van der Waals surface area contributed by atoms with Gasteiger partial charge in [0.05, 0.1) is 19.1 Å². The Hall–Kier alpha value is -2.82. The molecule has 0 aliphatic heterocycles. The van der Waals surface area contributed by atoms with E-state index >= 15 is 0 Å². The monoisotopic (exact) mass is 352 g/mol. The maximum absolute atomic E-state index is 11.9. The molecule has 0 aliphatic carbocycles. The largest absolute Gasteiger partial charge is 0.350 e. The minimum Gasteiger partial charge on any atom is -0.350 e. The van der Waals surface area contributed by atoms with E-state index in [-0.39, 0.29) is 18.5 Å². The molecule has 5 nitrogen and oxygen atoms in total. The van der Waals surface area contributed by atoms with Crippen LogP contribution >= 0.6 is 0 Å². The van der Waals surface area contributed by atoms with Crippen molar-refractivity contribution in [1.29, 1.82) is 0 Å². The summed E-state index contributed by atoms with van der Waals surface area (Å²) in [6.45, 7) is 4.91. The number of nitrogens with zero attached hydrogens (tertiary/aromatic N) is 2. The third-order valence-electron chi connectivity index (χ3n) is 4.23. The SMILES string of the molecule is Cc1ccccc1CN=C(NCC(=O)N(C)C)NC(C)c1ccccc1. The van der Waals surface area contributed by atoms with Crippen LogP contribution in [0.5, 0.6) is 0 Å². The van der Waals surface area contributed by atoms with Crippen LogP contribution in [-0.4, -0.2) is 37.4 Å². The Balaban J connectivity index is 2.11.